The molecule has 0 spiro atoms. The quantitative estimate of drug-likeness (QED) is 0.202. The standard InChI is InChI=1S/C35H35NO2/c1-27(25-28(2)31(26-37-3)18-15-29-16-23-35(38-4)24-17-29)30-19-21-34(22-20-30)36(32-11-7-5-8-12-32)33-13-9-6-10-14-33/h5-25H,26H2,1-4H3/b18-15?,27-25?,31-28-. The number of nitrogens with zero attached hydrogens (tertiary/aromatic N) is 1. The average Bonchev–Trinajstić information content (AvgIpc) is 2.97. The van der Waals surface area contributed by atoms with Gasteiger partial charge in [-0.1, -0.05) is 78.9 Å². The minimum absolute atomic E-state index is 0.546. The lowest BCUT2D eigenvalue weighted by molar-refractivity contribution is 0.228. The van der Waals surface area contributed by atoms with Crippen LogP contribution in [-0.2, 0) is 4.74 Å². The van der Waals surface area contributed by atoms with Gasteiger partial charge in [-0.05, 0) is 90.2 Å². The molecule has 0 saturated heterocycles. The van der Waals surface area contributed by atoms with Crippen LogP contribution in [-0.4, -0.2) is 20.8 Å². The Morgan fingerprint density at radius 1 is 0.684 bits per heavy atom. The number of rotatable bonds is 10. The molecule has 192 valence electrons. The molecule has 0 aliphatic heterocycles. The summed E-state index contributed by atoms with van der Waals surface area (Å²) in [5, 5.41) is 0. The van der Waals surface area contributed by atoms with Gasteiger partial charge in [0.25, 0.3) is 0 Å². The fraction of sp³-hybridized carbons (Fsp3) is 0.143. The Labute approximate surface area is 227 Å². The van der Waals surface area contributed by atoms with Crippen molar-refractivity contribution in [1.82, 2.24) is 0 Å². The van der Waals surface area contributed by atoms with Crippen molar-refractivity contribution in [3.05, 3.63) is 144 Å². The molecule has 0 atom stereocenters. The van der Waals surface area contributed by atoms with Crippen LogP contribution in [0.2, 0.25) is 0 Å². The normalized spacial score (nSPS) is 12.4. The predicted molar refractivity (Wildman–Crippen MR) is 161 cm³/mol. The first-order valence-corrected chi connectivity index (χ1v) is 12.8. The minimum atomic E-state index is 0.546. The fourth-order valence-electron chi connectivity index (χ4n) is 4.34. The first-order valence-electron chi connectivity index (χ1n) is 12.8. The van der Waals surface area contributed by atoms with Crippen molar-refractivity contribution in [2.24, 2.45) is 0 Å². The molecule has 0 fully saturated rings. The zero-order valence-electron chi connectivity index (χ0n) is 22.6. The Morgan fingerprint density at radius 3 is 1.76 bits per heavy atom. The number of hydrogen-bond acceptors (Lipinski definition) is 3. The van der Waals surface area contributed by atoms with Crippen LogP contribution in [0.3, 0.4) is 0 Å². The topological polar surface area (TPSA) is 21.7 Å². The van der Waals surface area contributed by atoms with Crippen molar-refractivity contribution in [2.75, 3.05) is 25.7 Å². The molecule has 0 unspecified atom stereocenters. The smallest absolute Gasteiger partial charge is 0.118 e. The highest BCUT2D eigenvalue weighted by atomic mass is 16.5. The van der Waals surface area contributed by atoms with Gasteiger partial charge < -0.3 is 14.4 Å². The van der Waals surface area contributed by atoms with Gasteiger partial charge in [-0.25, -0.2) is 0 Å². The Kier molecular flexibility index (Phi) is 9.33. The number of benzene rings is 4. The Morgan fingerprint density at radius 2 is 1.24 bits per heavy atom. The number of para-hydroxylation sites is 2. The van der Waals surface area contributed by atoms with E-state index < -0.39 is 0 Å². The zero-order chi connectivity index (χ0) is 26.7. The van der Waals surface area contributed by atoms with Crippen LogP contribution in [0.1, 0.15) is 25.0 Å². The molecule has 38 heavy (non-hydrogen) atoms. The van der Waals surface area contributed by atoms with Gasteiger partial charge in [0.05, 0.1) is 13.7 Å². The van der Waals surface area contributed by atoms with Gasteiger partial charge in [0, 0.05) is 24.2 Å². The van der Waals surface area contributed by atoms with Crippen molar-refractivity contribution in [2.45, 2.75) is 13.8 Å². The number of hydrogen-bond donors (Lipinski definition) is 0. The minimum Gasteiger partial charge on any atom is -0.497 e. The van der Waals surface area contributed by atoms with E-state index in [1.54, 1.807) is 14.2 Å². The molecular formula is C35H35NO2. The highest BCUT2D eigenvalue weighted by molar-refractivity contribution is 5.78. The fourth-order valence-corrected chi connectivity index (χ4v) is 4.34. The van der Waals surface area contributed by atoms with E-state index in [-0.39, 0.29) is 0 Å². The van der Waals surface area contributed by atoms with Crippen molar-refractivity contribution in [3.63, 3.8) is 0 Å². The molecule has 4 aromatic carbocycles. The second-order valence-electron chi connectivity index (χ2n) is 9.13. The van der Waals surface area contributed by atoms with Crippen LogP contribution >= 0.6 is 0 Å². The summed E-state index contributed by atoms with van der Waals surface area (Å²) in [7, 11) is 3.41. The average molecular weight is 502 g/mol. The predicted octanol–water partition coefficient (Wildman–Crippen LogP) is 9.24. The zero-order valence-corrected chi connectivity index (χ0v) is 22.6. The molecule has 4 rings (SSSR count). The molecule has 4 aromatic rings. The van der Waals surface area contributed by atoms with E-state index in [4.69, 9.17) is 9.47 Å². The van der Waals surface area contributed by atoms with Crippen LogP contribution in [0.25, 0.3) is 11.6 Å². The maximum absolute atomic E-state index is 5.50. The largest absolute Gasteiger partial charge is 0.497 e. The summed E-state index contributed by atoms with van der Waals surface area (Å²) in [4.78, 5) is 2.27. The van der Waals surface area contributed by atoms with Crippen LogP contribution in [0.5, 0.6) is 5.75 Å². The van der Waals surface area contributed by atoms with Gasteiger partial charge in [-0.15, -0.1) is 0 Å². The third kappa shape index (κ3) is 6.90. The van der Waals surface area contributed by atoms with Crippen molar-refractivity contribution >= 4 is 28.7 Å². The van der Waals surface area contributed by atoms with Crippen molar-refractivity contribution < 1.29 is 9.47 Å². The van der Waals surface area contributed by atoms with E-state index in [0.29, 0.717) is 6.61 Å². The molecule has 0 heterocycles. The summed E-state index contributed by atoms with van der Waals surface area (Å²) in [5.74, 6) is 0.853. The van der Waals surface area contributed by atoms with Gasteiger partial charge in [0.1, 0.15) is 5.75 Å². The lowest BCUT2D eigenvalue weighted by Gasteiger charge is -2.25. The highest BCUT2D eigenvalue weighted by Gasteiger charge is 2.12. The summed E-state index contributed by atoms with van der Waals surface area (Å²) in [6.07, 6.45) is 6.47. The summed E-state index contributed by atoms with van der Waals surface area (Å²) < 4.78 is 10.8. The first-order chi connectivity index (χ1) is 18.6. The van der Waals surface area contributed by atoms with E-state index in [0.717, 1.165) is 33.9 Å². The van der Waals surface area contributed by atoms with E-state index in [9.17, 15) is 0 Å². The van der Waals surface area contributed by atoms with Crippen molar-refractivity contribution in [3.8, 4) is 5.75 Å². The summed E-state index contributed by atoms with van der Waals surface area (Å²) in [6, 6.07) is 37.7. The van der Waals surface area contributed by atoms with Gasteiger partial charge in [-0.3, -0.25) is 0 Å². The van der Waals surface area contributed by atoms with E-state index >= 15 is 0 Å². The molecule has 0 bridgehead atoms. The summed E-state index contributed by atoms with van der Waals surface area (Å²) in [6.45, 7) is 4.84. The van der Waals surface area contributed by atoms with Crippen molar-refractivity contribution in [1.29, 1.82) is 0 Å². The molecule has 0 aliphatic carbocycles. The van der Waals surface area contributed by atoms with E-state index in [1.165, 1.54) is 16.7 Å². The van der Waals surface area contributed by atoms with E-state index in [1.807, 2.05) is 36.4 Å². The Hall–Kier alpha value is -4.34. The van der Waals surface area contributed by atoms with E-state index in [2.05, 4.69) is 110 Å². The van der Waals surface area contributed by atoms with Crippen LogP contribution < -0.4 is 9.64 Å². The molecule has 0 N–H and O–H groups in total. The van der Waals surface area contributed by atoms with Gasteiger partial charge in [-0.2, -0.15) is 0 Å². The Balaban J connectivity index is 1.59. The lowest BCUT2D eigenvalue weighted by atomic mass is 10.0. The van der Waals surface area contributed by atoms with Gasteiger partial charge in [0.2, 0.25) is 0 Å². The molecule has 0 amide bonds. The third-order valence-electron chi connectivity index (χ3n) is 6.44. The number of ether oxygens (including phenoxy) is 2. The molecule has 0 saturated carbocycles. The number of allylic oxidation sites excluding steroid dienone is 3. The second-order valence-corrected chi connectivity index (χ2v) is 9.13. The van der Waals surface area contributed by atoms with Crippen LogP contribution in [0, 0.1) is 0 Å². The lowest BCUT2D eigenvalue weighted by Crippen LogP contribution is -2.09. The number of methoxy groups -OCH3 is 2. The third-order valence-corrected chi connectivity index (χ3v) is 6.44. The van der Waals surface area contributed by atoms with Gasteiger partial charge in [0.15, 0.2) is 0 Å². The number of anilines is 3. The highest BCUT2D eigenvalue weighted by Crippen LogP contribution is 2.34. The maximum Gasteiger partial charge on any atom is 0.118 e. The summed E-state index contributed by atoms with van der Waals surface area (Å²) in [5.41, 5.74) is 9.19. The molecule has 0 radical (unpaired) electrons. The molecule has 3 nitrogen and oxygen atoms in total. The molecule has 0 aliphatic rings. The van der Waals surface area contributed by atoms with Crippen LogP contribution in [0.15, 0.2) is 132 Å². The second kappa shape index (κ2) is 13.3. The SMILES string of the molecule is COC/C(C=Cc1ccc(OC)cc1)=C(/C)C=C(C)c1ccc(N(c2ccccc2)c2ccccc2)cc1. The molecular weight excluding hydrogens is 466 g/mol. The first kappa shape index (κ1) is 26.7. The monoisotopic (exact) mass is 501 g/mol. The molecule has 0 aromatic heterocycles. The van der Waals surface area contributed by atoms with Gasteiger partial charge >= 0.3 is 0 Å². The molecule has 3 heteroatoms. The van der Waals surface area contributed by atoms with Crippen LogP contribution in [0.4, 0.5) is 17.1 Å². The Bertz CT molecular complexity index is 1340. The summed E-state index contributed by atoms with van der Waals surface area (Å²) >= 11 is 0. The maximum atomic E-state index is 5.50.